The molecule has 0 bridgehead atoms. The van der Waals surface area contributed by atoms with Crippen molar-refractivity contribution in [1.82, 2.24) is 14.9 Å². The van der Waals surface area contributed by atoms with Gasteiger partial charge in [0, 0.05) is 25.9 Å². The molecule has 0 aliphatic rings. The Kier molecular flexibility index (Phi) is 5.88. The highest BCUT2D eigenvalue weighted by Gasteiger charge is 2.11. The van der Waals surface area contributed by atoms with Gasteiger partial charge in [-0.2, -0.15) is 0 Å². The van der Waals surface area contributed by atoms with Crippen molar-refractivity contribution in [2.24, 2.45) is 0 Å². The van der Waals surface area contributed by atoms with Crippen LogP contribution >= 0.6 is 35.0 Å². The standard InChI is InChI=1S/C14H13Cl2N3O2S/c1-19(7-9-2-3-10(15)11(16)6-9)13(21)8-22-14-17-5-4-12(20)18-14/h2-6H,7-8H2,1H3,(H,17,18,20). The number of carbonyl (C=O) groups excluding carboxylic acids is 1. The average molecular weight is 358 g/mol. The van der Waals surface area contributed by atoms with Gasteiger partial charge in [0.1, 0.15) is 0 Å². The van der Waals surface area contributed by atoms with Crippen molar-refractivity contribution in [1.29, 1.82) is 0 Å². The van der Waals surface area contributed by atoms with E-state index in [0.717, 1.165) is 5.56 Å². The second kappa shape index (κ2) is 7.67. The molecule has 1 N–H and O–H groups in total. The fraction of sp³-hybridized carbons (Fsp3) is 0.214. The Morgan fingerprint density at radius 2 is 2.09 bits per heavy atom. The molecule has 0 spiro atoms. The number of amides is 1. The number of aromatic nitrogens is 2. The summed E-state index contributed by atoms with van der Waals surface area (Å²) in [6.07, 6.45) is 1.41. The van der Waals surface area contributed by atoms with Crippen molar-refractivity contribution in [2.75, 3.05) is 12.8 Å². The first-order chi connectivity index (χ1) is 10.5. The topological polar surface area (TPSA) is 66.1 Å². The van der Waals surface area contributed by atoms with Crippen molar-refractivity contribution < 1.29 is 4.79 Å². The zero-order valence-electron chi connectivity index (χ0n) is 11.7. The molecule has 116 valence electrons. The van der Waals surface area contributed by atoms with E-state index in [1.807, 2.05) is 6.07 Å². The van der Waals surface area contributed by atoms with Crippen molar-refractivity contribution in [3.05, 3.63) is 56.4 Å². The van der Waals surface area contributed by atoms with Gasteiger partial charge in [-0.1, -0.05) is 41.0 Å². The predicted octanol–water partition coefficient (Wildman–Crippen LogP) is 2.83. The van der Waals surface area contributed by atoms with Gasteiger partial charge in [-0.15, -0.1) is 0 Å². The summed E-state index contributed by atoms with van der Waals surface area (Å²) < 4.78 is 0. The van der Waals surface area contributed by atoms with E-state index in [2.05, 4.69) is 9.97 Å². The van der Waals surface area contributed by atoms with Gasteiger partial charge in [-0.05, 0) is 17.7 Å². The fourth-order valence-corrected chi connectivity index (χ4v) is 2.78. The molecule has 2 rings (SSSR count). The maximum Gasteiger partial charge on any atom is 0.251 e. The number of hydrogen-bond acceptors (Lipinski definition) is 4. The molecule has 22 heavy (non-hydrogen) atoms. The number of halogens is 2. The molecule has 5 nitrogen and oxygen atoms in total. The molecule has 0 unspecified atom stereocenters. The molecule has 1 aromatic heterocycles. The van der Waals surface area contributed by atoms with E-state index in [1.165, 1.54) is 24.0 Å². The Balaban J connectivity index is 1.91. The van der Waals surface area contributed by atoms with Crippen LogP contribution < -0.4 is 5.56 Å². The van der Waals surface area contributed by atoms with Crippen LogP contribution in [0.2, 0.25) is 10.0 Å². The summed E-state index contributed by atoms with van der Waals surface area (Å²) in [5, 5.41) is 1.36. The van der Waals surface area contributed by atoms with Crippen LogP contribution in [0.4, 0.5) is 0 Å². The number of H-pyrrole nitrogens is 1. The summed E-state index contributed by atoms with van der Waals surface area (Å²) in [6, 6.07) is 6.58. The summed E-state index contributed by atoms with van der Waals surface area (Å²) in [4.78, 5) is 31.3. The van der Waals surface area contributed by atoms with E-state index in [4.69, 9.17) is 23.2 Å². The maximum absolute atomic E-state index is 12.1. The van der Waals surface area contributed by atoms with Gasteiger partial charge in [0.15, 0.2) is 5.16 Å². The van der Waals surface area contributed by atoms with Gasteiger partial charge in [0.25, 0.3) is 5.56 Å². The van der Waals surface area contributed by atoms with E-state index >= 15 is 0 Å². The Bertz CT molecular complexity index is 736. The predicted molar refractivity (Wildman–Crippen MR) is 88.5 cm³/mol. The molecule has 1 amide bonds. The third kappa shape index (κ3) is 4.76. The van der Waals surface area contributed by atoms with Gasteiger partial charge >= 0.3 is 0 Å². The van der Waals surface area contributed by atoms with E-state index < -0.39 is 0 Å². The highest BCUT2D eigenvalue weighted by Crippen LogP contribution is 2.23. The number of benzene rings is 1. The number of aromatic amines is 1. The van der Waals surface area contributed by atoms with Gasteiger partial charge < -0.3 is 9.88 Å². The molecule has 0 saturated carbocycles. The van der Waals surface area contributed by atoms with Crippen molar-refractivity contribution in [3.8, 4) is 0 Å². The summed E-state index contributed by atoms with van der Waals surface area (Å²) >= 11 is 13.0. The van der Waals surface area contributed by atoms with Crippen LogP contribution in [0.15, 0.2) is 40.4 Å². The summed E-state index contributed by atoms with van der Waals surface area (Å²) in [5.41, 5.74) is 0.649. The second-order valence-electron chi connectivity index (χ2n) is 4.53. The van der Waals surface area contributed by atoms with Crippen LogP contribution in [0.5, 0.6) is 0 Å². The van der Waals surface area contributed by atoms with Crippen molar-refractivity contribution >= 4 is 40.9 Å². The minimum Gasteiger partial charge on any atom is -0.341 e. The fourth-order valence-electron chi connectivity index (χ4n) is 1.67. The molecular weight excluding hydrogens is 345 g/mol. The van der Waals surface area contributed by atoms with Crippen LogP contribution in [0.3, 0.4) is 0 Å². The Hall–Kier alpha value is -1.50. The normalized spacial score (nSPS) is 10.5. The number of nitrogens with zero attached hydrogens (tertiary/aromatic N) is 2. The van der Waals surface area contributed by atoms with Gasteiger partial charge in [0.05, 0.1) is 15.8 Å². The first kappa shape index (κ1) is 16.9. The highest BCUT2D eigenvalue weighted by atomic mass is 35.5. The van der Waals surface area contributed by atoms with Gasteiger partial charge in [-0.3, -0.25) is 9.59 Å². The van der Waals surface area contributed by atoms with Crippen LogP contribution in [-0.4, -0.2) is 33.6 Å². The molecule has 0 aliphatic carbocycles. The lowest BCUT2D eigenvalue weighted by atomic mass is 10.2. The third-order valence-electron chi connectivity index (χ3n) is 2.81. The molecule has 1 aromatic carbocycles. The van der Waals surface area contributed by atoms with Gasteiger partial charge in [-0.25, -0.2) is 4.98 Å². The molecular formula is C14H13Cl2N3O2S. The van der Waals surface area contributed by atoms with E-state index in [-0.39, 0.29) is 17.2 Å². The van der Waals surface area contributed by atoms with Crippen LogP contribution in [0.1, 0.15) is 5.56 Å². The number of rotatable bonds is 5. The lowest BCUT2D eigenvalue weighted by Crippen LogP contribution is -2.28. The quantitative estimate of drug-likeness (QED) is 0.659. The lowest BCUT2D eigenvalue weighted by molar-refractivity contribution is -0.127. The van der Waals surface area contributed by atoms with E-state index in [9.17, 15) is 9.59 Å². The molecule has 0 saturated heterocycles. The zero-order chi connectivity index (χ0) is 16.1. The molecule has 0 atom stereocenters. The molecule has 1 heterocycles. The number of carbonyl (C=O) groups is 1. The van der Waals surface area contributed by atoms with E-state index in [0.29, 0.717) is 21.7 Å². The molecule has 8 heteroatoms. The average Bonchev–Trinajstić information content (AvgIpc) is 2.48. The first-order valence-electron chi connectivity index (χ1n) is 6.32. The Morgan fingerprint density at radius 1 is 1.32 bits per heavy atom. The summed E-state index contributed by atoms with van der Waals surface area (Å²) in [6.45, 7) is 0.426. The van der Waals surface area contributed by atoms with Crippen molar-refractivity contribution in [3.63, 3.8) is 0 Å². The SMILES string of the molecule is CN(Cc1ccc(Cl)c(Cl)c1)C(=O)CSc1nccc(=O)[nH]1. The van der Waals surface area contributed by atoms with Crippen LogP contribution in [0, 0.1) is 0 Å². The third-order valence-corrected chi connectivity index (χ3v) is 4.42. The number of hydrogen-bond donors (Lipinski definition) is 1. The monoisotopic (exact) mass is 357 g/mol. The number of thioether (sulfide) groups is 1. The first-order valence-corrected chi connectivity index (χ1v) is 8.06. The Morgan fingerprint density at radius 3 is 2.77 bits per heavy atom. The number of nitrogens with one attached hydrogen (secondary N) is 1. The van der Waals surface area contributed by atoms with Crippen LogP contribution in [0.25, 0.3) is 0 Å². The molecule has 0 aliphatic heterocycles. The van der Waals surface area contributed by atoms with Crippen molar-refractivity contribution in [2.45, 2.75) is 11.7 Å². The maximum atomic E-state index is 12.1. The highest BCUT2D eigenvalue weighted by molar-refractivity contribution is 7.99. The minimum absolute atomic E-state index is 0.0809. The zero-order valence-corrected chi connectivity index (χ0v) is 14.0. The summed E-state index contributed by atoms with van der Waals surface area (Å²) in [5.74, 6) is 0.104. The Labute approximate surface area is 141 Å². The van der Waals surface area contributed by atoms with E-state index in [1.54, 1.807) is 24.1 Å². The largest absolute Gasteiger partial charge is 0.341 e. The molecule has 0 radical (unpaired) electrons. The molecule has 2 aromatic rings. The summed E-state index contributed by atoms with van der Waals surface area (Å²) in [7, 11) is 1.70. The second-order valence-corrected chi connectivity index (χ2v) is 6.30. The van der Waals surface area contributed by atoms with Crippen LogP contribution in [-0.2, 0) is 11.3 Å². The minimum atomic E-state index is -0.242. The smallest absolute Gasteiger partial charge is 0.251 e. The molecule has 0 fully saturated rings. The lowest BCUT2D eigenvalue weighted by Gasteiger charge is -2.17. The van der Waals surface area contributed by atoms with Gasteiger partial charge in [0.2, 0.25) is 5.91 Å².